The van der Waals surface area contributed by atoms with Gasteiger partial charge >= 0.3 is 6.09 Å². The number of amides is 2. The molecule has 0 saturated carbocycles. The van der Waals surface area contributed by atoms with E-state index in [0.29, 0.717) is 22.0 Å². The first-order chi connectivity index (χ1) is 13.1. The molecule has 3 rings (SSSR count). The van der Waals surface area contributed by atoms with E-state index < -0.39 is 30.3 Å². The second-order valence-electron chi connectivity index (χ2n) is 7.66. The molecule has 28 heavy (non-hydrogen) atoms. The second-order valence-corrected chi connectivity index (χ2v) is 8.09. The maximum atomic E-state index is 13.8. The number of nitrogens with zero attached hydrogens (tertiary/aromatic N) is 3. The number of fused-ring (bicyclic) bond motifs is 1. The van der Waals surface area contributed by atoms with Crippen LogP contribution >= 0.6 is 11.6 Å². The Kier molecular flexibility index (Phi) is 5.34. The highest BCUT2D eigenvalue weighted by molar-refractivity contribution is 6.30. The van der Waals surface area contributed by atoms with Gasteiger partial charge in [0.1, 0.15) is 18.0 Å². The Morgan fingerprint density at radius 3 is 2.68 bits per heavy atom. The van der Waals surface area contributed by atoms with Crippen LogP contribution in [0.1, 0.15) is 42.9 Å². The zero-order valence-electron chi connectivity index (χ0n) is 15.9. The second kappa shape index (κ2) is 7.43. The highest BCUT2D eigenvalue weighted by Gasteiger charge is 2.36. The first-order valence-corrected chi connectivity index (χ1v) is 9.19. The van der Waals surface area contributed by atoms with E-state index in [0.717, 1.165) is 0 Å². The van der Waals surface area contributed by atoms with Gasteiger partial charge in [-0.15, -0.1) is 0 Å². The average molecular weight is 409 g/mol. The summed E-state index contributed by atoms with van der Waals surface area (Å²) in [5.74, 6) is -0.708. The number of hydrogen-bond acceptors (Lipinski definition) is 4. The third kappa shape index (κ3) is 3.96. The molecule has 1 aromatic carbocycles. The number of carbonyl (C=O) groups is 2. The van der Waals surface area contributed by atoms with E-state index in [1.165, 1.54) is 9.58 Å². The van der Waals surface area contributed by atoms with Crippen molar-refractivity contribution in [1.82, 2.24) is 14.7 Å². The molecule has 0 bridgehead atoms. The predicted molar refractivity (Wildman–Crippen MR) is 103 cm³/mol. The standard InChI is InChI=1S/C19H22ClFN4O3/c1-19(2,3)28-18(27)24-9-13(8-21)25-14(10-24)15(17(22)26)16(23-25)11-5-4-6-12(20)7-11/h4-7,13H,8-10H2,1-3H3,(H2,22,26). The molecule has 9 heteroatoms. The SMILES string of the molecule is CC(C)(C)OC(=O)N1Cc2c(C(N)=O)c(-c3cccc(Cl)c3)nn2C(CF)C1. The molecule has 0 radical (unpaired) electrons. The molecule has 0 fully saturated rings. The summed E-state index contributed by atoms with van der Waals surface area (Å²) in [6, 6.07) is 6.06. The Balaban J connectivity index is 2.07. The van der Waals surface area contributed by atoms with Crippen LogP contribution in [-0.4, -0.2) is 45.5 Å². The fourth-order valence-electron chi connectivity index (χ4n) is 3.18. The van der Waals surface area contributed by atoms with Crippen molar-refractivity contribution < 1.29 is 18.7 Å². The number of aromatic nitrogens is 2. The van der Waals surface area contributed by atoms with Gasteiger partial charge in [-0.2, -0.15) is 5.10 Å². The molecule has 2 N–H and O–H groups in total. The molecule has 0 spiro atoms. The van der Waals surface area contributed by atoms with Crippen LogP contribution in [0.15, 0.2) is 24.3 Å². The molecule has 0 aliphatic carbocycles. The van der Waals surface area contributed by atoms with Gasteiger partial charge < -0.3 is 15.4 Å². The van der Waals surface area contributed by atoms with E-state index in [2.05, 4.69) is 5.10 Å². The van der Waals surface area contributed by atoms with Crippen LogP contribution < -0.4 is 5.73 Å². The molecule has 150 valence electrons. The van der Waals surface area contributed by atoms with Crippen molar-refractivity contribution >= 4 is 23.6 Å². The summed E-state index contributed by atoms with van der Waals surface area (Å²) >= 11 is 6.06. The summed E-state index contributed by atoms with van der Waals surface area (Å²) in [6.07, 6.45) is -0.585. The number of hydrogen-bond donors (Lipinski definition) is 1. The van der Waals surface area contributed by atoms with E-state index >= 15 is 0 Å². The lowest BCUT2D eigenvalue weighted by molar-refractivity contribution is 0.0147. The number of rotatable bonds is 3. The molecule has 1 aliphatic rings. The summed E-state index contributed by atoms with van der Waals surface area (Å²) < 4.78 is 20.6. The molecule has 1 aromatic heterocycles. The highest BCUT2D eigenvalue weighted by Crippen LogP contribution is 2.33. The molecular formula is C19H22ClFN4O3. The molecular weight excluding hydrogens is 387 g/mol. The third-order valence-corrected chi connectivity index (χ3v) is 4.54. The summed E-state index contributed by atoms with van der Waals surface area (Å²) in [5.41, 5.74) is 6.35. The van der Waals surface area contributed by atoms with Crippen LogP contribution in [0.25, 0.3) is 11.3 Å². The first-order valence-electron chi connectivity index (χ1n) is 8.81. The number of carbonyl (C=O) groups excluding carboxylic acids is 2. The largest absolute Gasteiger partial charge is 0.444 e. The number of benzene rings is 1. The van der Waals surface area contributed by atoms with Crippen molar-refractivity contribution in [3.05, 3.63) is 40.5 Å². The Bertz CT molecular complexity index is 922. The van der Waals surface area contributed by atoms with Crippen LogP contribution in [0.5, 0.6) is 0 Å². The van der Waals surface area contributed by atoms with Gasteiger partial charge in [0.05, 0.1) is 23.8 Å². The third-order valence-electron chi connectivity index (χ3n) is 4.30. The predicted octanol–water partition coefficient (Wildman–Crippen LogP) is 3.56. The Labute approximate surface area is 167 Å². The zero-order valence-corrected chi connectivity index (χ0v) is 16.7. The van der Waals surface area contributed by atoms with Gasteiger partial charge in [0.15, 0.2) is 0 Å². The highest BCUT2D eigenvalue weighted by atomic mass is 35.5. The van der Waals surface area contributed by atoms with E-state index in [-0.39, 0.29) is 18.7 Å². The maximum Gasteiger partial charge on any atom is 0.410 e. The lowest BCUT2D eigenvalue weighted by atomic mass is 10.0. The topological polar surface area (TPSA) is 90.4 Å². The minimum absolute atomic E-state index is 0.0389. The molecule has 2 aromatic rings. The quantitative estimate of drug-likeness (QED) is 0.840. The van der Waals surface area contributed by atoms with Crippen LogP contribution in [0.4, 0.5) is 9.18 Å². The van der Waals surface area contributed by atoms with Crippen molar-refractivity contribution in [2.75, 3.05) is 13.2 Å². The van der Waals surface area contributed by atoms with Crippen molar-refractivity contribution in [3.63, 3.8) is 0 Å². The van der Waals surface area contributed by atoms with E-state index in [1.807, 2.05) is 0 Å². The maximum absolute atomic E-state index is 13.8. The molecule has 0 saturated heterocycles. The smallest absolute Gasteiger partial charge is 0.410 e. The van der Waals surface area contributed by atoms with E-state index in [4.69, 9.17) is 22.1 Å². The van der Waals surface area contributed by atoms with Gasteiger partial charge in [0.25, 0.3) is 5.91 Å². The number of alkyl halides is 1. The monoisotopic (exact) mass is 408 g/mol. The molecule has 2 amide bonds. The summed E-state index contributed by atoms with van der Waals surface area (Å²) in [6.45, 7) is 4.60. The Hall–Kier alpha value is -2.61. The van der Waals surface area contributed by atoms with Crippen molar-refractivity contribution in [2.24, 2.45) is 5.73 Å². The van der Waals surface area contributed by atoms with Gasteiger partial charge in [-0.3, -0.25) is 9.48 Å². The molecule has 2 heterocycles. The summed E-state index contributed by atoms with van der Waals surface area (Å²) in [4.78, 5) is 26.1. The molecule has 1 atom stereocenters. The van der Waals surface area contributed by atoms with Gasteiger partial charge in [0.2, 0.25) is 0 Å². The molecule has 7 nitrogen and oxygen atoms in total. The Morgan fingerprint density at radius 2 is 2.11 bits per heavy atom. The van der Waals surface area contributed by atoms with Crippen LogP contribution in [0.2, 0.25) is 5.02 Å². The minimum atomic E-state index is -0.763. The summed E-state index contributed by atoms with van der Waals surface area (Å²) in [7, 11) is 0. The normalized spacial score (nSPS) is 16.6. The van der Waals surface area contributed by atoms with Crippen molar-refractivity contribution in [1.29, 1.82) is 0 Å². The zero-order chi connectivity index (χ0) is 20.6. The first kappa shape index (κ1) is 20.1. The van der Waals surface area contributed by atoms with Gasteiger partial charge in [-0.25, -0.2) is 9.18 Å². The number of ether oxygens (including phenoxy) is 1. The van der Waals surface area contributed by atoms with Gasteiger partial charge in [-0.1, -0.05) is 23.7 Å². The number of primary amides is 1. The van der Waals surface area contributed by atoms with Gasteiger partial charge in [-0.05, 0) is 32.9 Å². The molecule has 1 unspecified atom stereocenters. The van der Waals surface area contributed by atoms with Gasteiger partial charge in [0, 0.05) is 17.1 Å². The summed E-state index contributed by atoms with van der Waals surface area (Å²) in [5, 5.41) is 4.91. The number of halogens is 2. The lowest BCUT2D eigenvalue weighted by Gasteiger charge is -2.34. The van der Waals surface area contributed by atoms with E-state index in [1.54, 1.807) is 45.0 Å². The van der Waals surface area contributed by atoms with Crippen molar-refractivity contribution in [3.8, 4) is 11.3 Å². The lowest BCUT2D eigenvalue weighted by Crippen LogP contribution is -2.44. The fourth-order valence-corrected chi connectivity index (χ4v) is 3.37. The average Bonchev–Trinajstić information content (AvgIpc) is 2.99. The van der Waals surface area contributed by atoms with Crippen LogP contribution in [0.3, 0.4) is 0 Å². The fraction of sp³-hybridized carbons (Fsp3) is 0.421. The van der Waals surface area contributed by atoms with Crippen molar-refractivity contribution in [2.45, 2.75) is 39.0 Å². The van der Waals surface area contributed by atoms with Crippen LogP contribution in [-0.2, 0) is 11.3 Å². The van der Waals surface area contributed by atoms with Crippen LogP contribution in [0, 0.1) is 0 Å². The Morgan fingerprint density at radius 1 is 1.39 bits per heavy atom. The molecule has 1 aliphatic heterocycles. The number of nitrogens with two attached hydrogens (primary N) is 1. The van der Waals surface area contributed by atoms with E-state index in [9.17, 15) is 14.0 Å². The minimum Gasteiger partial charge on any atom is -0.444 e.